The molecular formula is C27H32FNO5. The summed E-state index contributed by atoms with van der Waals surface area (Å²) in [6.45, 7) is 3.57. The molecule has 1 aromatic rings. The molecule has 1 heterocycles. The van der Waals surface area contributed by atoms with Crippen molar-refractivity contribution in [1.82, 2.24) is 5.32 Å². The van der Waals surface area contributed by atoms with Crippen LogP contribution in [0.1, 0.15) is 70.3 Å². The Balaban J connectivity index is 1.78. The second kappa shape index (κ2) is 10.1. The summed E-state index contributed by atoms with van der Waals surface area (Å²) in [5.74, 6) is -4.37. The lowest BCUT2D eigenvalue weighted by molar-refractivity contribution is -0.151. The number of methoxy groups -OCH3 is 1. The van der Waals surface area contributed by atoms with Gasteiger partial charge in [-0.15, -0.1) is 0 Å². The standard InChI is InChI=1S/C27H32FNO5/c1-15-14-20-24(25(30)21(15)26(31)33-3)23(18-12-8-9-13-19(18)28)22(16(2)29-20)27(32)34-17-10-6-4-5-7-11-17/h8-9,12-13,15,17,21,23,29H,4-7,10-11,14H2,1-3H3/t15-,21-,23+/m0/s1. The number of carbonyl (C=O) groups is 3. The summed E-state index contributed by atoms with van der Waals surface area (Å²) >= 11 is 0. The van der Waals surface area contributed by atoms with Crippen molar-refractivity contribution in [2.75, 3.05) is 7.11 Å². The van der Waals surface area contributed by atoms with Crippen LogP contribution in [-0.4, -0.2) is 30.9 Å². The van der Waals surface area contributed by atoms with Crippen molar-refractivity contribution in [2.24, 2.45) is 11.8 Å². The maximum atomic E-state index is 15.1. The normalized spacial score (nSPS) is 25.9. The van der Waals surface area contributed by atoms with Gasteiger partial charge in [-0.25, -0.2) is 9.18 Å². The first-order valence-electron chi connectivity index (χ1n) is 12.1. The SMILES string of the molecule is COC(=O)[C@@H]1C(=O)C2=C(C[C@@H]1C)NC(C)=C(C(=O)OC1CCCCCC1)[C@H]2c1ccccc1F. The fraction of sp³-hybridized carbons (Fsp3) is 0.519. The third-order valence-corrected chi connectivity index (χ3v) is 7.26. The van der Waals surface area contributed by atoms with Crippen LogP contribution in [0.3, 0.4) is 0 Å². The van der Waals surface area contributed by atoms with Crippen molar-refractivity contribution < 1.29 is 28.2 Å². The Morgan fingerprint density at radius 1 is 1.09 bits per heavy atom. The molecule has 3 aliphatic rings. The third-order valence-electron chi connectivity index (χ3n) is 7.26. The number of halogens is 1. The number of hydrogen-bond acceptors (Lipinski definition) is 6. The lowest BCUT2D eigenvalue weighted by atomic mass is 9.69. The zero-order valence-electron chi connectivity index (χ0n) is 20.0. The second-order valence-electron chi connectivity index (χ2n) is 9.58. The summed E-state index contributed by atoms with van der Waals surface area (Å²) in [6, 6.07) is 6.14. The Morgan fingerprint density at radius 3 is 2.41 bits per heavy atom. The number of ether oxygens (including phenoxy) is 2. The highest BCUT2D eigenvalue weighted by molar-refractivity contribution is 6.12. The van der Waals surface area contributed by atoms with E-state index < -0.39 is 35.4 Å². The number of ketones is 1. The maximum Gasteiger partial charge on any atom is 0.337 e. The lowest BCUT2D eigenvalue weighted by Gasteiger charge is -2.38. The molecule has 0 saturated heterocycles. The van der Waals surface area contributed by atoms with E-state index in [4.69, 9.17) is 9.47 Å². The van der Waals surface area contributed by atoms with Crippen LogP contribution in [-0.2, 0) is 23.9 Å². The van der Waals surface area contributed by atoms with Crippen molar-refractivity contribution in [1.29, 1.82) is 0 Å². The third kappa shape index (κ3) is 4.52. The Hall–Kier alpha value is -2.96. The first-order valence-corrected chi connectivity index (χ1v) is 12.1. The van der Waals surface area contributed by atoms with E-state index in [0.29, 0.717) is 17.8 Å². The maximum absolute atomic E-state index is 15.1. The fourth-order valence-electron chi connectivity index (χ4n) is 5.55. The van der Waals surface area contributed by atoms with Crippen molar-refractivity contribution in [2.45, 2.75) is 70.8 Å². The zero-order chi connectivity index (χ0) is 24.4. The first kappa shape index (κ1) is 24.2. The molecule has 0 radical (unpaired) electrons. The van der Waals surface area contributed by atoms with Crippen LogP contribution in [0, 0.1) is 17.7 Å². The molecule has 1 aromatic carbocycles. The molecule has 1 fully saturated rings. The molecule has 7 heteroatoms. The molecule has 4 rings (SSSR count). The van der Waals surface area contributed by atoms with Gasteiger partial charge in [0.2, 0.25) is 0 Å². The largest absolute Gasteiger partial charge is 0.468 e. The summed E-state index contributed by atoms with van der Waals surface area (Å²) in [6.07, 6.45) is 6.04. The van der Waals surface area contributed by atoms with Gasteiger partial charge in [0, 0.05) is 22.5 Å². The number of hydrogen-bond donors (Lipinski definition) is 1. The van der Waals surface area contributed by atoms with Crippen LogP contribution >= 0.6 is 0 Å². The number of benzene rings is 1. The highest BCUT2D eigenvalue weighted by atomic mass is 19.1. The first-order chi connectivity index (χ1) is 16.3. The lowest BCUT2D eigenvalue weighted by Crippen LogP contribution is -2.43. The average molecular weight is 470 g/mol. The summed E-state index contributed by atoms with van der Waals surface area (Å²) < 4.78 is 25.9. The highest BCUT2D eigenvalue weighted by Crippen LogP contribution is 2.46. The highest BCUT2D eigenvalue weighted by Gasteiger charge is 2.48. The number of allylic oxidation sites excluding steroid dienone is 3. The van der Waals surface area contributed by atoms with Crippen LogP contribution in [0.2, 0.25) is 0 Å². The summed E-state index contributed by atoms with van der Waals surface area (Å²) in [5, 5.41) is 3.22. The van der Waals surface area contributed by atoms with Crippen LogP contribution < -0.4 is 5.32 Å². The Labute approximate surface area is 199 Å². The van der Waals surface area contributed by atoms with E-state index in [1.54, 1.807) is 25.1 Å². The minimum Gasteiger partial charge on any atom is -0.468 e. The predicted octanol–water partition coefficient (Wildman–Crippen LogP) is 4.70. The molecule has 0 bridgehead atoms. The van der Waals surface area contributed by atoms with E-state index in [0.717, 1.165) is 38.5 Å². The molecule has 1 saturated carbocycles. The van der Waals surface area contributed by atoms with Gasteiger partial charge in [-0.05, 0) is 51.0 Å². The Morgan fingerprint density at radius 2 is 1.76 bits per heavy atom. The van der Waals surface area contributed by atoms with Gasteiger partial charge >= 0.3 is 11.9 Å². The molecule has 2 aliphatic carbocycles. The minimum atomic E-state index is -1.00. The summed E-state index contributed by atoms with van der Waals surface area (Å²) in [4.78, 5) is 39.7. The Kier molecular flexibility index (Phi) is 7.19. The van der Waals surface area contributed by atoms with E-state index in [1.807, 2.05) is 6.92 Å². The number of rotatable bonds is 4. The van der Waals surface area contributed by atoms with Gasteiger partial charge in [-0.2, -0.15) is 0 Å². The second-order valence-corrected chi connectivity index (χ2v) is 9.58. The van der Waals surface area contributed by atoms with Crippen LogP contribution in [0.15, 0.2) is 46.8 Å². The van der Waals surface area contributed by atoms with E-state index in [9.17, 15) is 14.4 Å². The quantitative estimate of drug-likeness (QED) is 0.391. The topological polar surface area (TPSA) is 81.7 Å². The van der Waals surface area contributed by atoms with Gasteiger partial charge < -0.3 is 14.8 Å². The monoisotopic (exact) mass is 469 g/mol. The number of esters is 2. The molecular weight excluding hydrogens is 437 g/mol. The van der Waals surface area contributed by atoms with Crippen LogP contribution in [0.25, 0.3) is 0 Å². The van der Waals surface area contributed by atoms with Gasteiger partial charge in [0.25, 0.3) is 0 Å². The van der Waals surface area contributed by atoms with Gasteiger partial charge in [0.1, 0.15) is 17.8 Å². The minimum absolute atomic E-state index is 0.197. The molecule has 3 atom stereocenters. The van der Waals surface area contributed by atoms with Crippen molar-refractivity contribution >= 4 is 17.7 Å². The van der Waals surface area contributed by atoms with Crippen LogP contribution in [0.4, 0.5) is 4.39 Å². The number of nitrogens with one attached hydrogen (secondary N) is 1. The average Bonchev–Trinajstić information content (AvgIpc) is 3.06. The molecule has 182 valence electrons. The van der Waals surface area contributed by atoms with Crippen LogP contribution in [0.5, 0.6) is 0 Å². The molecule has 1 N–H and O–H groups in total. The summed E-state index contributed by atoms with van der Waals surface area (Å²) in [5.41, 5.74) is 1.85. The van der Waals surface area contributed by atoms with E-state index in [1.165, 1.54) is 13.2 Å². The van der Waals surface area contributed by atoms with Gasteiger partial charge in [-0.1, -0.05) is 38.0 Å². The molecule has 34 heavy (non-hydrogen) atoms. The molecule has 1 aliphatic heterocycles. The fourth-order valence-corrected chi connectivity index (χ4v) is 5.55. The molecule has 0 spiro atoms. The van der Waals surface area contributed by atoms with Gasteiger partial charge in [-0.3, -0.25) is 9.59 Å². The number of Topliss-reactive ketones (excluding diaryl/α,β-unsaturated/α-hetero) is 1. The van der Waals surface area contributed by atoms with E-state index in [2.05, 4.69) is 5.32 Å². The predicted molar refractivity (Wildman–Crippen MR) is 124 cm³/mol. The Bertz CT molecular complexity index is 1050. The zero-order valence-corrected chi connectivity index (χ0v) is 20.0. The number of carbonyl (C=O) groups excluding carboxylic acids is 3. The summed E-state index contributed by atoms with van der Waals surface area (Å²) in [7, 11) is 1.25. The smallest absolute Gasteiger partial charge is 0.337 e. The van der Waals surface area contributed by atoms with Crippen molar-refractivity contribution in [3.05, 3.63) is 58.2 Å². The molecule has 0 aromatic heterocycles. The van der Waals surface area contributed by atoms with Gasteiger partial charge in [0.05, 0.1) is 18.6 Å². The molecule has 0 amide bonds. The number of dihydropyridines is 1. The molecule has 0 unspecified atom stereocenters. The van der Waals surface area contributed by atoms with E-state index in [-0.39, 0.29) is 28.7 Å². The van der Waals surface area contributed by atoms with Gasteiger partial charge in [0.15, 0.2) is 5.78 Å². The molecule has 6 nitrogen and oxygen atoms in total. The van der Waals surface area contributed by atoms with Crippen molar-refractivity contribution in [3.8, 4) is 0 Å². The van der Waals surface area contributed by atoms with Crippen molar-refractivity contribution in [3.63, 3.8) is 0 Å². The van der Waals surface area contributed by atoms with E-state index >= 15 is 4.39 Å².